The number of esters is 1. The van der Waals surface area contributed by atoms with Crippen LogP contribution in [0.2, 0.25) is 5.02 Å². The average Bonchev–Trinajstić information content (AvgIpc) is 2.94. The van der Waals surface area contributed by atoms with Crippen LogP contribution in [0.4, 0.5) is 5.69 Å². The third-order valence-electron chi connectivity index (χ3n) is 5.72. The van der Waals surface area contributed by atoms with Crippen LogP contribution in [0.1, 0.15) is 45.1 Å². The highest BCUT2D eigenvalue weighted by molar-refractivity contribution is 6.31. The second kappa shape index (κ2) is 8.53. The van der Waals surface area contributed by atoms with E-state index in [1.54, 1.807) is 18.2 Å². The summed E-state index contributed by atoms with van der Waals surface area (Å²) in [5.41, 5.74) is 1.33. The molecule has 4 atom stereocenters. The molecule has 0 aromatic heterocycles. The lowest BCUT2D eigenvalue weighted by atomic mass is 9.81. The normalized spacial score (nSPS) is 23.4. The standard InChI is InChI=1S/C21H25ClN2O5/c1-11-8-9-14(22)10-17(11)23-18(25)13(3)29-21(28)12(2)24-19(26)15-6-4-5-7-16(15)20(24)27/h8-10,12-13,15-16H,4-7H2,1-3H3,(H,23,25)/t12-,13+,15-,16+/m0/s1. The predicted molar refractivity (Wildman–Crippen MR) is 107 cm³/mol. The van der Waals surface area contributed by atoms with Gasteiger partial charge in [-0.15, -0.1) is 0 Å². The number of benzene rings is 1. The van der Waals surface area contributed by atoms with Crippen molar-refractivity contribution in [3.8, 4) is 0 Å². The van der Waals surface area contributed by atoms with Gasteiger partial charge in [-0.05, 0) is 51.3 Å². The first-order valence-electron chi connectivity index (χ1n) is 9.85. The number of hydrogen-bond donors (Lipinski definition) is 1. The van der Waals surface area contributed by atoms with E-state index in [-0.39, 0.29) is 23.7 Å². The molecule has 0 unspecified atom stereocenters. The first-order chi connectivity index (χ1) is 13.7. The van der Waals surface area contributed by atoms with Gasteiger partial charge < -0.3 is 10.1 Å². The number of rotatable bonds is 5. The second-order valence-electron chi connectivity index (χ2n) is 7.75. The van der Waals surface area contributed by atoms with Crippen molar-refractivity contribution in [3.05, 3.63) is 28.8 Å². The Labute approximate surface area is 174 Å². The summed E-state index contributed by atoms with van der Waals surface area (Å²) in [6.45, 7) is 4.71. The molecule has 1 aromatic rings. The van der Waals surface area contributed by atoms with Gasteiger partial charge in [-0.25, -0.2) is 4.79 Å². The van der Waals surface area contributed by atoms with Crippen molar-refractivity contribution < 1.29 is 23.9 Å². The minimum absolute atomic E-state index is 0.309. The second-order valence-corrected chi connectivity index (χ2v) is 8.18. The zero-order chi connectivity index (χ0) is 21.3. The maximum absolute atomic E-state index is 12.6. The maximum atomic E-state index is 12.6. The molecule has 0 bridgehead atoms. The fourth-order valence-electron chi connectivity index (χ4n) is 3.96. The van der Waals surface area contributed by atoms with Gasteiger partial charge in [0.25, 0.3) is 5.91 Å². The summed E-state index contributed by atoms with van der Waals surface area (Å²) >= 11 is 5.95. The molecule has 8 heteroatoms. The lowest BCUT2D eigenvalue weighted by Gasteiger charge is -2.23. The number of imide groups is 1. The zero-order valence-corrected chi connectivity index (χ0v) is 17.5. The molecule has 3 rings (SSSR count). The van der Waals surface area contributed by atoms with E-state index < -0.39 is 24.0 Å². The van der Waals surface area contributed by atoms with Crippen LogP contribution in [-0.2, 0) is 23.9 Å². The van der Waals surface area contributed by atoms with E-state index in [4.69, 9.17) is 16.3 Å². The quantitative estimate of drug-likeness (QED) is 0.583. The van der Waals surface area contributed by atoms with Gasteiger partial charge in [0, 0.05) is 10.7 Å². The van der Waals surface area contributed by atoms with Gasteiger partial charge in [0.1, 0.15) is 6.04 Å². The van der Waals surface area contributed by atoms with Crippen molar-refractivity contribution in [1.82, 2.24) is 4.90 Å². The molecule has 0 radical (unpaired) electrons. The number of anilines is 1. The van der Waals surface area contributed by atoms with E-state index in [1.807, 2.05) is 6.92 Å². The van der Waals surface area contributed by atoms with Crippen molar-refractivity contribution in [2.24, 2.45) is 11.8 Å². The number of halogens is 1. The van der Waals surface area contributed by atoms with Crippen molar-refractivity contribution in [1.29, 1.82) is 0 Å². The SMILES string of the molecule is Cc1ccc(Cl)cc1NC(=O)[C@@H](C)OC(=O)[C@H](C)N1C(=O)[C@H]2CCCC[C@H]2C1=O. The molecule has 1 N–H and O–H groups in total. The fraction of sp³-hybridized carbons (Fsp3) is 0.524. The van der Waals surface area contributed by atoms with Gasteiger partial charge in [0.05, 0.1) is 11.8 Å². The number of aryl methyl sites for hydroxylation is 1. The summed E-state index contributed by atoms with van der Waals surface area (Å²) in [5, 5.41) is 3.14. The first-order valence-corrected chi connectivity index (χ1v) is 10.2. The monoisotopic (exact) mass is 420 g/mol. The smallest absolute Gasteiger partial charge is 0.329 e. The largest absolute Gasteiger partial charge is 0.451 e. The van der Waals surface area contributed by atoms with Crippen molar-refractivity contribution >= 4 is 41.0 Å². The predicted octanol–water partition coefficient (Wildman–Crippen LogP) is 3.08. The molecule has 0 spiro atoms. The lowest BCUT2D eigenvalue weighted by molar-refractivity contribution is -0.163. The highest BCUT2D eigenvalue weighted by Crippen LogP contribution is 2.39. The Hall–Kier alpha value is -2.41. The van der Waals surface area contributed by atoms with Gasteiger partial charge in [0.15, 0.2) is 6.10 Å². The number of nitrogens with zero attached hydrogens (tertiary/aromatic N) is 1. The molecule has 1 saturated carbocycles. The third-order valence-corrected chi connectivity index (χ3v) is 5.96. The van der Waals surface area contributed by atoms with E-state index in [9.17, 15) is 19.2 Å². The Kier molecular flexibility index (Phi) is 6.27. The molecule has 7 nitrogen and oxygen atoms in total. The molecule has 3 amide bonds. The van der Waals surface area contributed by atoms with Crippen molar-refractivity contribution in [2.75, 3.05) is 5.32 Å². The third kappa shape index (κ3) is 4.29. The highest BCUT2D eigenvalue weighted by Gasteiger charge is 2.51. The number of amides is 3. The number of nitrogens with one attached hydrogen (secondary N) is 1. The van der Waals surface area contributed by atoms with E-state index in [2.05, 4.69) is 5.32 Å². The summed E-state index contributed by atoms with van der Waals surface area (Å²) in [4.78, 5) is 51.2. The van der Waals surface area contributed by atoms with Crippen LogP contribution in [0.15, 0.2) is 18.2 Å². The first kappa shape index (κ1) is 21.3. The van der Waals surface area contributed by atoms with Crippen molar-refractivity contribution in [3.63, 3.8) is 0 Å². The van der Waals surface area contributed by atoms with Crippen LogP contribution in [-0.4, -0.2) is 40.7 Å². The number of carbonyl (C=O) groups excluding carboxylic acids is 4. The van der Waals surface area contributed by atoms with E-state index in [0.29, 0.717) is 23.6 Å². The molecule has 1 aliphatic heterocycles. The maximum Gasteiger partial charge on any atom is 0.329 e. The van der Waals surface area contributed by atoms with Gasteiger partial charge in [-0.2, -0.15) is 0 Å². The molecular weight excluding hydrogens is 396 g/mol. The highest BCUT2D eigenvalue weighted by atomic mass is 35.5. The Balaban J connectivity index is 1.63. The van der Waals surface area contributed by atoms with Gasteiger partial charge in [-0.3, -0.25) is 19.3 Å². The summed E-state index contributed by atoms with van der Waals surface area (Å²) in [6.07, 6.45) is 2.06. The molecule has 1 aromatic carbocycles. The van der Waals surface area contributed by atoms with Crippen LogP contribution in [0.3, 0.4) is 0 Å². The Bertz CT molecular complexity index is 831. The number of hydrogen-bond acceptors (Lipinski definition) is 5. The van der Waals surface area contributed by atoms with E-state index in [0.717, 1.165) is 23.3 Å². The molecule has 156 valence electrons. The summed E-state index contributed by atoms with van der Waals surface area (Å²) in [5.74, 6) is -2.60. The summed E-state index contributed by atoms with van der Waals surface area (Å²) in [7, 11) is 0. The summed E-state index contributed by atoms with van der Waals surface area (Å²) < 4.78 is 5.25. The molecule has 2 fully saturated rings. The number of carbonyl (C=O) groups is 4. The molecule has 29 heavy (non-hydrogen) atoms. The number of ether oxygens (including phenoxy) is 1. The number of likely N-dealkylation sites (tertiary alicyclic amines) is 1. The van der Waals surface area contributed by atoms with Gasteiger partial charge in [0.2, 0.25) is 11.8 Å². The Morgan fingerprint density at radius 2 is 1.72 bits per heavy atom. The molecular formula is C21H25ClN2O5. The van der Waals surface area contributed by atoms with Crippen molar-refractivity contribution in [2.45, 2.75) is 58.6 Å². The fourth-order valence-corrected chi connectivity index (χ4v) is 4.14. The minimum atomic E-state index is -1.10. The zero-order valence-electron chi connectivity index (χ0n) is 16.7. The Morgan fingerprint density at radius 1 is 1.14 bits per heavy atom. The number of fused-ring (bicyclic) bond motifs is 1. The van der Waals surface area contributed by atoms with Crippen LogP contribution in [0, 0.1) is 18.8 Å². The van der Waals surface area contributed by atoms with Crippen LogP contribution in [0.5, 0.6) is 0 Å². The minimum Gasteiger partial charge on any atom is -0.451 e. The molecule has 1 heterocycles. The molecule has 1 aliphatic carbocycles. The van der Waals surface area contributed by atoms with Crippen LogP contribution < -0.4 is 5.32 Å². The topological polar surface area (TPSA) is 92.8 Å². The van der Waals surface area contributed by atoms with Crippen LogP contribution >= 0.6 is 11.6 Å². The van der Waals surface area contributed by atoms with E-state index >= 15 is 0 Å². The van der Waals surface area contributed by atoms with Gasteiger partial charge in [-0.1, -0.05) is 30.5 Å². The summed E-state index contributed by atoms with van der Waals surface area (Å²) in [6, 6.07) is 4.01. The molecule has 2 aliphatic rings. The molecule has 1 saturated heterocycles. The van der Waals surface area contributed by atoms with E-state index in [1.165, 1.54) is 13.8 Å². The lowest BCUT2D eigenvalue weighted by Crippen LogP contribution is -2.46. The average molecular weight is 421 g/mol. The Morgan fingerprint density at radius 3 is 2.31 bits per heavy atom. The van der Waals surface area contributed by atoms with Crippen LogP contribution in [0.25, 0.3) is 0 Å². The van der Waals surface area contributed by atoms with Gasteiger partial charge >= 0.3 is 5.97 Å².